The summed E-state index contributed by atoms with van der Waals surface area (Å²) in [6, 6.07) is 0. The molecule has 0 aromatic rings. The van der Waals surface area contributed by atoms with Gasteiger partial charge in [-0.15, -0.1) is 0 Å². The normalized spacial score (nSPS) is 16.2. The van der Waals surface area contributed by atoms with E-state index in [0.29, 0.717) is 25.0 Å². The summed E-state index contributed by atoms with van der Waals surface area (Å²) in [7, 11) is -3.36. The van der Waals surface area contributed by atoms with Gasteiger partial charge in [0.2, 0.25) is 0 Å². The number of ketones is 1. The highest BCUT2D eigenvalue weighted by molar-refractivity contribution is 8.02. The van der Waals surface area contributed by atoms with Gasteiger partial charge in [-0.2, -0.15) is 8.42 Å². The van der Waals surface area contributed by atoms with Crippen molar-refractivity contribution >= 4 is 27.1 Å². The molecule has 22 heavy (non-hydrogen) atoms. The fraction of sp³-hybridized carbons (Fsp3) is 0.938. The molecule has 4 nitrogen and oxygen atoms in total. The molecule has 1 rings (SSSR count). The van der Waals surface area contributed by atoms with Crippen molar-refractivity contribution in [3.63, 3.8) is 0 Å². The third kappa shape index (κ3) is 9.85. The first-order valence-corrected chi connectivity index (χ1v) is 11.7. The van der Waals surface area contributed by atoms with E-state index in [4.69, 9.17) is 3.63 Å². The van der Waals surface area contributed by atoms with E-state index >= 15 is 0 Å². The highest BCUT2D eigenvalue weighted by Crippen LogP contribution is 2.18. The maximum absolute atomic E-state index is 11.8. The zero-order valence-corrected chi connectivity index (χ0v) is 15.5. The summed E-state index contributed by atoms with van der Waals surface area (Å²) in [5.41, 5.74) is 0. The van der Waals surface area contributed by atoms with Crippen LogP contribution in [0.5, 0.6) is 0 Å². The second kappa shape index (κ2) is 11.5. The maximum Gasteiger partial charge on any atom is 0.311 e. The summed E-state index contributed by atoms with van der Waals surface area (Å²) in [6.45, 7) is 2.16. The smallest absolute Gasteiger partial charge is 0.300 e. The summed E-state index contributed by atoms with van der Waals surface area (Å²) in [6.07, 6.45) is 10.2. The van der Waals surface area contributed by atoms with E-state index in [9.17, 15) is 13.2 Å². The SMILES string of the molecule is CCCCCCC(=O)CCCCCS(=O)(=O)O[S+]1CCCC1. The molecule has 0 radical (unpaired) electrons. The van der Waals surface area contributed by atoms with Crippen LogP contribution in [0.2, 0.25) is 0 Å². The van der Waals surface area contributed by atoms with E-state index in [1.807, 2.05) is 0 Å². The average molecular weight is 352 g/mol. The molecule has 0 saturated carbocycles. The van der Waals surface area contributed by atoms with Crippen molar-refractivity contribution in [1.29, 1.82) is 0 Å². The highest BCUT2D eigenvalue weighted by atomic mass is 32.3. The zero-order chi connectivity index (χ0) is 16.3. The van der Waals surface area contributed by atoms with Gasteiger partial charge < -0.3 is 0 Å². The molecule has 0 amide bonds. The van der Waals surface area contributed by atoms with Crippen LogP contribution in [0.25, 0.3) is 0 Å². The molecule has 1 aliphatic heterocycles. The van der Waals surface area contributed by atoms with Crippen molar-refractivity contribution in [2.24, 2.45) is 0 Å². The second-order valence-electron chi connectivity index (χ2n) is 6.05. The van der Waals surface area contributed by atoms with E-state index < -0.39 is 10.1 Å². The molecule has 0 spiro atoms. The quantitative estimate of drug-likeness (QED) is 0.374. The molecular formula is C16H31O4S2+. The third-order valence-electron chi connectivity index (χ3n) is 3.85. The van der Waals surface area contributed by atoms with Crippen LogP contribution in [0.1, 0.15) is 77.6 Å². The Balaban J connectivity index is 2.00. The molecule has 0 unspecified atom stereocenters. The number of Topliss-reactive ketones (excluding diaryl/α,β-unsaturated/α-hetero) is 1. The fourth-order valence-corrected chi connectivity index (χ4v) is 6.33. The van der Waals surface area contributed by atoms with Crippen molar-refractivity contribution < 1.29 is 16.8 Å². The average Bonchev–Trinajstić information content (AvgIpc) is 2.95. The molecule has 1 fully saturated rings. The summed E-state index contributed by atoms with van der Waals surface area (Å²) >= 11 is -0.359. The Hall–Kier alpha value is -0.0700. The Labute approximate surface area is 139 Å². The largest absolute Gasteiger partial charge is 0.311 e. The van der Waals surface area contributed by atoms with Crippen LogP contribution in [-0.4, -0.2) is 31.5 Å². The van der Waals surface area contributed by atoms with Crippen LogP contribution in [-0.2, 0) is 29.7 Å². The summed E-state index contributed by atoms with van der Waals surface area (Å²) in [5, 5.41) is 0. The first-order valence-electron chi connectivity index (χ1n) is 8.65. The Kier molecular flexibility index (Phi) is 10.4. The summed E-state index contributed by atoms with van der Waals surface area (Å²) in [5.74, 6) is 2.21. The topological polar surface area (TPSA) is 60.4 Å². The van der Waals surface area contributed by atoms with Crippen LogP contribution >= 0.6 is 0 Å². The summed E-state index contributed by atoms with van der Waals surface area (Å²) < 4.78 is 28.8. The van der Waals surface area contributed by atoms with Gasteiger partial charge in [0.25, 0.3) is 0 Å². The molecule has 130 valence electrons. The molecule has 0 atom stereocenters. The monoisotopic (exact) mass is 351 g/mol. The predicted octanol–water partition coefficient (Wildman–Crippen LogP) is 3.76. The Morgan fingerprint density at radius 2 is 1.55 bits per heavy atom. The number of carbonyl (C=O) groups excluding carboxylic acids is 1. The molecule has 0 aromatic carbocycles. The lowest BCUT2D eigenvalue weighted by Crippen LogP contribution is -2.18. The number of rotatable bonds is 13. The standard InChI is InChI=1S/C16H31O4S2/c1-2-3-4-6-11-16(17)12-7-5-10-15-22(18,19)20-21-13-8-9-14-21/h2-15H2,1H3/q+1. The molecule has 1 heterocycles. The maximum atomic E-state index is 11.8. The predicted molar refractivity (Wildman–Crippen MR) is 93.4 cm³/mol. The first kappa shape index (κ1) is 20.0. The Morgan fingerprint density at radius 3 is 2.14 bits per heavy atom. The van der Waals surface area contributed by atoms with Gasteiger partial charge in [-0.1, -0.05) is 32.6 Å². The van der Waals surface area contributed by atoms with Gasteiger partial charge in [0.05, 0.1) is 5.75 Å². The van der Waals surface area contributed by atoms with Gasteiger partial charge in [-0.3, -0.25) is 4.79 Å². The van der Waals surface area contributed by atoms with Crippen LogP contribution in [0.15, 0.2) is 0 Å². The molecule has 0 bridgehead atoms. The van der Waals surface area contributed by atoms with Crippen molar-refractivity contribution in [2.75, 3.05) is 17.3 Å². The van der Waals surface area contributed by atoms with Crippen molar-refractivity contribution in [3.05, 3.63) is 0 Å². The van der Waals surface area contributed by atoms with Crippen molar-refractivity contribution in [1.82, 2.24) is 0 Å². The lowest BCUT2D eigenvalue weighted by atomic mass is 10.1. The van der Waals surface area contributed by atoms with E-state index in [2.05, 4.69) is 6.92 Å². The van der Waals surface area contributed by atoms with Gasteiger partial charge in [-0.05, 0) is 35.7 Å². The zero-order valence-electron chi connectivity index (χ0n) is 13.8. The summed E-state index contributed by atoms with van der Waals surface area (Å²) in [4.78, 5) is 11.7. The van der Waals surface area contributed by atoms with Crippen LogP contribution in [0, 0.1) is 0 Å². The van der Waals surface area contributed by atoms with Gasteiger partial charge in [0.15, 0.2) is 11.2 Å². The van der Waals surface area contributed by atoms with Gasteiger partial charge in [0, 0.05) is 12.8 Å². The van der Waals surface area contributed by atoms with Gasteiger partial charge in [-0.25, -0.2) is 0 Å². The lowest BCUT2D eigenvalue weighted by Gasteiger charge is -2.03. The number of unbranched alkanes of at least 4 members (excludes halogenated alkanes) is 5. The molecule has 0 N–H and O–H groups in total. The van der Waals surface area contributed by atoms with Crippen LogP contribution in [0.4, 0.5) is 0 Å². The molecule has 6 heteroatoms. The number of hydrogen-bond acceptors (Lipinski definition) is 4. The Morgan fingerprint density at radius 1 is 0.955 bits per heavy atom. The molecular weight excluding hydrogens is 320 g/mol. The molecule has 0 aliphatic carbocycles. The van der Waals surface area contributed by atoms with E-state index in [1.165, 1.54) is 12.8 Å². The minimum atomic E-state index is -3.36. The van der Waals surface area contributed by atoms with E-state index in [-0.39, 0.29) is 16.9 Å². The number of carbonyl (C=O) groups is 1. The molecule has 1 saturated heterocycles. The minimum absolute atomic E-state index is 0.0984. The second-order valence-corrected chi connectivity index (χ2v) is 9.81. The third-order valence-corrected chi connectivity index (χ3v) is 7.73. The fourth-order valence-electron chi connectivity index (χ4n) is 2.53. The minimum Gasteiger partial charge on any atom is -0.300 e. The van der Waals surface area contributed by atoms with E-state index in [0.717, 1.165) is 50.0 Å². The van der Waals surface area contributed by atoms with Gasteiger partial charge >= 0.3 is 10.1 Å². The first-order chi connectivity index (χ1) is 10.5. The van der Waals surface area contributed by atoms with Crippen LogP contribution < -0.4 is 0 Å². The van der Waals surface area contributed by atoms with E-state index in [1.54, 1.807) is 0 Å². The van der Waals surface area contributed by atoms with Crippen LogP contribution in [0.3, 0.4) is 0 Å². The number of hydrogen-bond donors (Lipinski definition) is 0. The Bertz CT molecular complexity index is 400. The molecule has 0 aromatic heterocycles. The lowest BCUT2D eigenvalue weighted by molar-refractivity contribution is -0.119. The van der Waals surface area contributed by atoms with Gasteiger partial charge in [0.1, 0.15) is 17.3 Å². The van der Waals surface area contributed by atoms with Crippen molar-refractivity contribution in [2.45, 2.75) is 77.6 Å². The van der Waals surface area contributed by atoms with Crippen molar-refractivity contribution in [3.8, 4) is 0 Å². The highest BCUT2D eigenvalue weighted by Gasteiger charge is 2.32. The molecule has 1 aliphatic rings.